The molecular formula is C38H61FN4O. The van der Waals surface area contributed by atoms with E-state index in [0.717, 1.165) is 19.5 Å². The maximum Gasteiger partial charge on any atom is 0.268 e. The summed E-state index contributed by atoms with van der Waals surface area (Å²) in [5.74, 6) is 0.0530. The highest BCUT2D eigenvalue weighted by Gasteiger charge is 2.36. The van der Waals surface area contributed by atoms with Gasteiger partial charge < -0.3 is 9.88 Å². The topological polar surface area (TPSA) is 50.2 Å². The fraction of sp³-hybridized carbons (Fsp3) is 0.737. The van der Waals surface area contributed by atoms with Gasteiger partial charge in [-0.3, -0.25) is 14.7 Å². The van der Waals surface area contributed by atoms with Gasteiger partial charge >= 0.3 is 0 Å². The molecule has 44 heavy (non-hydrogen) atoms. The van der Waals surface area contributed by atoms with E-state index in [-0.39, 0.29) is 23.5 Å². The Morgan fingerprint density at radius 1 is 0.750 bits per heavy atom. The summed E-state index contributed by atoms with van der Waals surface area (Å²) in [6.45, 7) is 4.57. The lowest BCUT2D eigenvalue weighted by atomic mass is 9.82. The summed E-state index contributed by atoms with van der Waals surface area (Å²) in [5.41, 5.74) is 1.46. The van der Waals surface area contributed by atoms with Crippen LogP contribution in [0.2, 0.25) is 0 Å². The second-order valence-electron chi connectivity index (χ2n) is 13.8. The van der Waals surface area contributed by atoms with E-state index in [0.29, 0.717) is 23.3 Å². The molecule has 3 saturated heterocycles. The molecule has 2 bridgehead atoms. The summed E-state index contributed by atoms with van der Waals surface area (Å²) in [7, 11) is 1.83. The van der Waals surface area contributed by atoms with Crippen molar-refractivity contribution < 1.29 is 9.18 Å². The van der Waals surface area contributed by atoms with E-state index in [2.05, 4.69) is 22.1 Å². The molecule has 2 aromatic heterocycles. The van der Waals surface area contributed by atoms with Crippen LogP contribution >= 0.6 is 0 Å². The highest BCUT2D eigenvalue weighted by Crippen LogP contribution is 2.30. The maximum atomic E-state index is 14.5. The number of carbonyl (C=O) groups is 1. The number of piperidine rings is 1. The minimum Gasteiger partial charge on any atom is -0.346 e. The maximum absolute atomic E-state index is 14.5. The zero-order valence-electron chi connectivity index (χ0n) is 28.0. The number of hydrogen-bond donors (Lipinski definition) is 1. The molecule has 5 heterocycles. The smallest absolute Gasteiger partial charge is 0.268 e. The lowest BCUT2D eigenvalue weighted by Gasteiger charge is -2.44. The lowest BCUT2D eigenvalue weighted by Crippen LogP contribution is -2.58. The van der Waals surface area contributed by atoms with Crippen molar-refractivity contribution >= 4 is 5.91 Å². The van der Waals surface area contributed by atoms with Gasteiger partial charge in [0, 0.05) is 25.3 Å². The molecule has 0 saturated carbocycles. The summed E-state index contributed by atoms with van der Waals surface area (Å²) in [5, 5.41) is 3.49. The van der Waals surface area contributed by atoms with E-state index >= 15 is 0 Å². The Bertz CT molecular complexity index is 1090. The molecule has 2 aromatic rings. The molecule has 5 nitrogen and oxygen atoms in total. The Kier molecular flexibility index (Phi) is 15.2. The van der Waals surface area contributed by atoms with Gasteiger partial charge in [0.15, 0.2) is 5.82 Å². The fourth-order valence-corrected chi connectivity index (χ4v) is 7.72. The molecule has 4 atom stereocenters. The molecule has 6 heteroatoms. The monoisotopic (exact) mass is 608 g/mol. The van der Waals surface area contributed by atoms with Gasteiger partial charge in [0.1, 0.15) is 11.4 Å². The van der Waals surface area contributed by atoms with Crippen LogP contribution in [0, 0.1) is 11.7 Å². The largest absolute Gasteiger partial charge is 0.346 e. The van der Waals surface area contributed by atoms with Crippen LogP contribution < -0.4 is 5.32 Å². The first-order valence-electron chi connectivity index (χ1n) is 18.4. The van der Waals surface area contributed by atoms with E-state index in [4.69, 9.17) is 0 Å². The van der Waals surface area contributed by atoms with Gasteiger partial charge in [0.2, 0.25) is 0 Å². The Labute approximate surface area is 267 Å². The highest BCUT2D eigenvalue weighted by atomic mass is 19.1. The second kappa shape index (κ2) is 19.3. The molecule has 1 amide bonds. The zero-order chi connectivity index (χ0) is 31.0. The van der Waals surface area contributed by atoms with E-state index in [1.54, 1.807) is 16.8 Å². The third-order valence-electron chi connectivity index (χ3n) is 10.6. The highest BCUT2D eigenvalue weighted by molar-refractivity contribution is 5.94. The Morgan fingerprint density at radius 2 is 1.30 bits per heavy atom. The van der Waals surface area contributed by atoms with Crippen LogP contribution in [-0.4, -0.2) is 45.5 Å². The summed E-state index contributed by atoms with van der Waals surface area (Å²) in [4.78, 5) is 20.6. The number of rotatable bonds is 3. The molecule has 1 N–H and O–H groups in total. The Hall–Kier alpha value is -2.21. The van der Waals surface area contributed by atoms with Crippen LogP contribution in [0.3, 0.4) is 0 Å². The Balaban J connectivity index is 1.37. The van der Waals surface area contributed by atoms with Gasteiger partial charge in [-0.2, -0.15) is 0 Å². The van der Waals surface area contributed by atoms with Gasteiger partial charge in [0.05, 0.1) is 5.69 Å². The van der Waals surface area contributed by atoms with E-state index in [9.17, 15) is 9.18 Å². The lowest BCUT2D eigenvalue weighted by molar-refractivity contribution is 0.0622. The van der Waals surface area contributed by atoms with Gasteiger partial charge in [-0.05, 0) is 69.5 Å². The Morgan fingerprint density at radius 3 is 1.86 bits per heavy atom. The van der Waals surface area contributed by atoms with E-state index in [1.165, 1.54) is 134 Å². The minimum atomic E-state index is -0.373. The van der Waals surface area contributed by atoms with Crippen LogP contribution in [0.4, 0.5) is 4.39 Å². The van der Waals surface area contributed by atoms with Crippen molar-refractivity contribution in [2.75, 3.05) is 13.1 Å². The summed E-state index contributed by atoms with van der Waals surface area (Å²) < 4.78 is 16.3. The van der Waals surface area contributed by atoms with Crippen LogP contribution in [-0.2, 0) is 7.05 Å². The van der Waals surface area contributed by atoms with Crippen LogP contribution in [0.5, 0.6) is 0 Å². The van der Waals surface area contributed by atoms with Gasteiger partial charge in [0.25, 0.3) is 5.91 Å². The predicted octanol–water partition coefficient (Wildman–Crippen LogP) is 9.85. The minimum absolute atomic E-state index is 0.0669. The van der Waals surface area contributed by atoms with Crippen LogP contribution in [0.1, 0.15) is 152 Å². The number of nitrogens with zero attached hydrogens (tertiary/aromatic N) is 3. The normalized spacial score (nSPS) is 26.3. The number of hydrogen-bond acceptors (Lipinski definition) is 3. The molecule has 0 radical (unpaired) electrons. The number of pyridine rings is 1. The number of aromatic nitrogens is 2. The summed E-state index contributed by atoms with van der Waals surface area (Å²) in [6, 6.07) is 7.05. The fourth-order valence-electron chi connectivity index (χ4n) is 7.72. The summed E-state index contributed by atoms with van der Waals surface area (Å²) >= 11 is 0. The first-order valence-corrected chi connectivity index (χ1v) is 18.4. The van der Waals surface area contributed by atoms with Gasteiger partial charge in [-0.25, -0.2) is 4.39 Å². The molecule has 3 aliphatic heterocycles. The van der Waals surface area contributed by atoms with Crippen molar-refractivity contribution in [1.82, 2.24) is 19.8 Å². The molecule has 0 aliphatic carbocycles. The predicted molar refractivity (Wildman–Crippen MR) is 181 cm³/mol. The van der Waals surface area contributed by atoms with E-state index in [1.807, 2.05) is 19.2 Å². The molecule has 246 valence electrons. The zero-order valence-corrected chi connectivity index (χ0v) is 28.0. The quantitative estimate of drug-likeness (QED) is 0.377. The molecule has 2 unspecified atom stereocenters. The molecule has 0 spiro atoms. The molecule has 3 fully saturated rings. The van der Waals surface area contributed by atoms with Gasteiger partial charge in [-0.1, -0.05) is 116 Å². The van der Waals surface area contributed by atoms with Crippen LogP contribution in [0.25, 0.3) is 11.4 Å². The number of nitrogens with one attached hydrogen (secondary N) is 1. The van der Waals surface area contributed by atoms with Crippen molar-refractivity contribution in [3.8, 4) is 11.4 Å². The molecule has 0 aromatic carbocycles. The average molecular weight is 609 g/mol. The van der Waals surface area contributed by atoms with Crippen molar-refractivity contribution in [2.24, 2.45) is 13.0 Å². The molecular weight excluding hydrogens is 547 g/mol. The molecule has 5 rings (SSSR count). The number of carbonyl (C=O) groups excluding carboxylic acids is 1. The SMILES string of the molecule is C[C@H]1[C@H](NC(=O)c2ccc(-c3ncccc3F)n2C)C2CCCCCCCCCCCCCCCCCCCCCN1CC2. The second-order valence-corrected chi connectivity index (χ2v) is 13.8. The van der Waals surface area contributed by atoms with Crippen molar-refractivity contribution in [1.29, 1.82) is 0 Å². The van der Waals surface area contributed by atoms with Crippen LogP contribution in [0.15, 0.2) is 30.5 Å². The third-order valence-corrected chi connectivity index (χ3v) is 10.6. The number of halogens is 1. The third kappa shape index (κ3) is 10.7. The standard InChI is InChI=1S/C38H61FN4O/c1-31-36(41-38(44)35-26-25-34(42(35)2)37-33(39)24-22-28-40-37)32-23-20-18-16-14-12-10-8-6-4-3-5-7-9-11-13-15-17-19-21-29-43(31)30-27-32/h22,24-26,28,31-32,36H,3-21,23,27,29-30H2,1-2H3,(H,41,44)/t31-,32?,36-/m0/s1. The first kappa shape index (κ1) is 34.7. The van der Waals surface area contributed by atoms with E-state index < -0.39 is 0 Å². The number of amides is 1. The van der Waals surface area contributed by atoms with Crippen molar-refractivity contribution in [2.45, 2.75) is 154 Å². The van der Waals surface area contributed by atoms with Crippen molar-refractivity contribution in [3.63, 3.8) is 0 Å². The van der Waals surface area contributed by atoms with Gasteiger partial charge in [-0.15, -0.1) is 0 Å². The first-order chi connectivity index (χ1) is 21.6. The summed E-state index contributed by atoms with van der Waals surface area (Å²) in [6.07, 6.45) is 30.0. The number of fused-ring (bicyclic) bond motifs is 22. The van der Waals surface area contributed by atoms with Crippen molar-refractivity contribution in [3.05, 3.63) is 42.0 Å². The average Bonchev–Trinajstić information content (AvgIpc) is 3.40. The molecule has 3 aliphatic rings.